The predicted molar refractivity (Wildman–Crippen MR) is 601 cm³/mol. The highest BCUT2D eigenvalue weighted by atomic mass is 15.2. The van der Waals surface area contributed by atoms with Crippen LogP contribution in [0.15, 0.2) is 309 Å². The van der Waals surface area contributed by atoms with Gasteiger partial charge in [-0.3, -0.25) is 0 Å². The zero-order valence-electron chi connectivity index (χ0n) is 85.0. The molecule has 15 aromatic carbocycles. The SMILES string of the molecule is Cc1cccc(N2c3cc(C(C)(C)C)ccc3B3c4cccc5c4N(c4ccccc4C54C5CC6CC(C5)CC4C6)c4cccc2c43)c1.Cc1cccc(N2c3ccc(C(C)(C)C)cc3B3c4cccc5c4N(c4ccccc4C54C5CC6CC(C5)CC4C6)c4cccc2c43)c1.Cc1cccc(N2c3ccc(C(C)C)cc3B3c4cccc5c4N(c4ccccc4C54C5CC6CC(C5)CC4C6)c4cccc2c43)c1. The first-order valence-electron chi connectivity index (χ1n) is 55.2. The standard InChI is InChI=1S/2C45H43BN2.C44H41BN2/c1-27-10-7-11-33(20-27)47-39-16-9-17-40-42(39)46(36-19-18-30(26-41(36)47)44(2,3)4)37-14-8-13-35-43(37)48(40)38-15-6-5-12-34(38)45(35)31-22-28-21-29(24-31)25-32(45)23-28;1-27-10-7-11-33(20-27)47-39-19-18-30(44(2,3)4)26-37(39)46-36-14-8-13-35-43(36)48(41-17-9-16-40(47)42(41)46)38-15-6-5-12-34(38)45(35)31-22-28-21-29(24-31)25-32(45)23-28;1-26(2)30-17-18-39-37(25-30)45-36-13-7-12-35-43(36)47(41-16-8-15-40(42(41)45)46(39)33-10-6-9-27(3)19-33)38-14-5-4-11-34(38)44(35)31-21-28-20-29(23-31)24-32(44)22-28/h2*5-20,26,28-29,31-32H,21-25H2,1-4H3;4-19,25-26,28-29,31-32H,20-24H2,1-3H3. The van der Waals surface area contributed by atoms with Gasteiger partial charge in [0.05, 0.1) is 17.1 Å². The van der Waals surface area contributed by atoms with E-state index in [-0.39, 0.29) is 47.2 Å². The Kier molecular flexibility index (Phi) is 17.8. The van der Waals surface area contributed by atoms with E-state index in [0.29, 0.717) is 5.92 Å². The molecule has 12 saturated carbocycles. The van der Waals surface area contributed by atoms with E-state index >= 15 is 0 Å². The van der Waals surface area contributed by atoms with Crippen molar-refractivity contribution in [2.45, 2.75) is 205 Å². The second-order valence-corrected chi connectivity index (χ2v) is 50.3. The summed E-state index contributed by atoms with van der Waals surface area (Å²) < 4.78 is 0. The second kappa shape index (κ2) is 30.0. The van der Waals surface area contributed by atoms with Gasteiger partial charge in [0.15, 0.2) is 0 Å². The lowest BCUT2D eigenvalue weighted by Gasteiger charge is -2.64. The summed E-state index contributed by atoms with van der Waals surface area (Å²) in [5.74, 6) is 10.5. The third-order valence-corrected chi connectivity index (χ3v) is 40.6. The summed E-state index contributed by atoms with van der Waals surface area (Å²) in [6.07, 6.45) is 21.3. The second-order valence-electron chi connectivity index (χ2n) is 50.3. The van der Waals surface area contributed by atoms with Gasteiger partial charge < -0.3 is 29.4 Å². The van der Waals surface area contributed by atoms with Crippen molar-refractivity contribution in [3.63, 3.8) is 0 Å². The molecule has 0 amide bonds. The number of fused-ring (bicyclic) bond motifs is 18. The van der Waals surface area contributed by atoms with Crippen molar-refractivity contribution < 1.29 is 0 Å². The van der Waals surface area contributed by atoms with Crippen LogP contribution in [0.5, 0.6) is 0 Å². The third kappa shape index (κ3) is 11.4. The molecular formula is C134H127B3N6. The lowest BCUT2D eigenvalue weighted by Crippen LogP contribution is -2.64. The Morgan fingerprint density at radius 3 is 0.853 bits per heavy atom. The van der Waals surface area contributed by atoms with Crippen LogP contribution in [0.4, 0.5) is 102 Å². The number of rotatable bonds is 4. The van der Waals surface area contributed by atoms with Crippen molar-refractivity contribution in [3.8, 4) is 0 Å². The third-order valence-electron chi connectivity index (χ3n) is 40.6. The molecule has 6 nitrogen and oxygen atoms in total. The van der Waals surface area contributed by atoms with Gasteiger partial charge >= 0.3 is 0 Å². The number of nitrogens with zero attached hydrogens (tertiary/aromatic N) is 6. The lowest BCUT2D eigenvalue weighted by atomic mass is 9.32. The van der Waals surface area contributed by atoms with Crippen molar-refractivity contribution >= 4 is 172 Å². The average Bonchev–Trinajstić information content (AvgIpc) is 0.668. The van der Waals surface area contributed by atoms with Gasteiger partial charge in [0.1, 0.15) is 0 Å². The topological polar surface area (TPSA) is 19.4 Å². The molecule has 0 saturated heterocycles. The highest BCUT2D eigenvalue weighted by Crippen LogP contribution is 2.75. The zero-order chi connectivity index (χ0) is 95.4. The average molecular weight is 1850 g/mol. The minimum Gasteiger partial charge on any atom is -0.311 e. The molecule has 0 N–H and O–H groups in total. The molecule has 21 aliphatic rings. The molecule has 9 heteroatoms. The molecular weight excluding hydrogens is 1730 g/mol. The summed E-state index contributed by atoms with van der Waals surface area (Å²) in [7, 11) is 0. The number of hydrogen-bond donors (Lipinski definition) is 0. The largest absolute Gasteiger partial charge is 0.311 e. The Labute approximate surface area is 847 Å². The van der Waals surface area contributed by atoms with E-state index in [0.717, 1.165) is 71.0 Å². The maximum absolute atomic E-state index is 2.71. The van der Waals surface area contributed by atoms with E-state index in [1.807, 2.05) is 0 Å². The number of hydrogen-bond acceptors (Lipinski definition) is 6. The van der Waals surface area contributed by atoms with E-state index in [9.17, 15) is 0 Å². The molecule has 0 radical (unpaired) electrons. The van der Waals surface area contributed by atoms with E-state index in [1.54, 1.807) is 33.4 Å². The van der Waals surface area contributed by atoms with Crippen molar-refractivity contribution in [2.24, 2.45) is 71.0 Å². The van der Waals surface area contributed by atoms with Gasteiger partial charge in [-0.15, -0.1) is 0 Å². The highest BCUT2D eigenvalue weighted by Gasteiger charge is 2.68. The molecule has 36 rings (SSSR count). The van der Waals surface area contributed by atoms with Crippen LogP contribution in [0.1, 0.15) is 224 Å². The minimum absolute atomic E-state index is 0.0558. The maximum Gasteiger partial charge on any atom is 0.252 e. The van der Waals surface area contributed by atoms with Gasteiger partial charge in [-0.05, 0) is 430 Å². The first-order valence-corrected chi connectivity index (χ1v) is 55.2. The zero-order valence-corrected chi connectivity index (χ0v) is 85.0. The molecule has 0 atom stereocenters. The Morgan fingerprint density at radius 2 is 0.510 bits per heavy atom. The van der Waals surface area contributed by atoms with E-state index in [1.165, 1.54) is 281 Å². The summed E-state index contributed by atoms with van der Waals surface area (Å²) in [6.45, 7) is 26.0. The Morgan fingerprint density at radius 1 is 0.231 bits per heavy atom. The van der Waals surface area contributed by atoms with Crippen LogP contribution in [0.2, 0.25) is 0 Å². The number of benzene rings is 15. The van der Waals surface area contributed by atoms with Crippen LogP contribution < -0.4 is 78.6 Å². The van der Waals surface area contributed by atoms with Crippen LogP contribution in [0.3, 0.4) is 0 Å². The van der Waals surface area contributed by atoms with Crippen molar-refractivity contribution in [1.29, 1.82) is 0 Å². The molecule has 15 aromatic rings. The number of anilines is 18. The predicted octanol–water partition coefficient (Wildman–Crippen LogP) is 28.1. The molecule has 9 heterocycles. The molecule has 3 spiro atoms. The van der Waals surface area contributed by atoms with Crippen LogP contribution in [0.25, 0.3) is 0 Å². The molecule has 143 heavy (non-hydrogen) atoms. The molecule has 0 unspecified atom stereocenters. The normalized spacial score (nSPS) is 26.7. The summed E-state index contributed by atoms with van der Waals surface area (Å²) in [4.78, 5) is 15.8. The van der Waals surface area contributed by atoms with Gasteiger partial charge in [0.2, 0.25) is 0 Å². The Balaban J connectivity index is 0.0000000981. The van der Waals surface area contributed by atoms with Crippen LogP contribution >= 0.6 is 0 Å². The van der Waals surface area contributed by atoms with E-state index < -0.39 is 0 Å². The summed E-state index contributed by atoms with van der Waals surface area (Å²) in [6, 6.07) is 122. The minimum atomic E-state index is 0.0558. The van der Waals surface area contributed by atoms with E-state index in [2.05, 4.69) is 415 Å². The van der Waals surface area contributed by atoms with Crippen LogP contribution in [0, 0.1) is 91.8 Å². The van der Waals surface area contributed by atoms with Crippen LogP contribution in [-0.4, -0.2) is 20.1 Å². The Hall–Kier alpha value is -12.7. The van der Waals surface area contributed by atoms with Gasteiger partial charge in [-0.1, -0.05) is 256 Å². The van der Waals surface area contributed by atoms with Gasteiger partial charge in [-0.25, -0.2) is 0 Å². The van der Waals surface area contributed by atoms with Gasteiger partial charge in [-0.2, -0.15) is 0 Å². The van der Waals surface area contributed by atoms with Crippen LogP contribution in [-0.2, 0) is 27.1 Å². The first-order chi connectivity index (χ1) is 69.7. The lowest BCUT2D eigenvalue weighted by molar-refractivity contribution is -0.0419. The molecule has 12 bridgehead atoms. The molecule has 12 aliphatic carbocycles. The summed E-state index contributed by atoms with van der Waals surface area (Å²) >= 11 is 0. The fourth-order valence-corrected chi connectivity index (χ4v) is 36.1. The fourth-order valence-electron chi connectivity index (χ4n) is 36.1. The van der Waals surface area contributed by atoms with Crippen molar-refractivity contribution in [2.75, 3.05) is 29.4 Å². The van der Waals surface area contributed by atoms with Gasteiger partial charge in [0.25, 0.3) is 20.1 Å². The molecule has 702 valence electrons. The highest BCUT2D eigenvalue weighted by molar-refractivity contribution is 7.02. The maximum atomic E-state index is 2.71. The van der Waals surface area contributed by atoms with Gasteiger partial charge in [0, 0.05) is 102 Å². The smallest absolute Gasteiger partial charge is 0.252 e. The molecule has 9 aliphatic heterocycles. The van der Waals surface area contributed by atoms with E-state index in [4.69, 9.17) is 0 Å². The number of aryl methyl sites for hydroxylation is 3. The van der Waals surface area contributed by atoms with Crippen molar-refractivity contribution in [3.05, 3.63) is 376 Å². The monoisotopic (exact) mass is 1850 g/mol. The Bertz CT molecular complexity index is 7910. The molecule has 0 aromatic heterocycles. The van der Waals surface area contributed by atoms with Crippen molar-refractivity contribution in [1.82, 2.24) is 0 Å². The summed E-state index contributed by atoms with van der Waals surface area (Å²) in [5, 5.41) is 0. The number of para-hydroxylation sites is 6. The quantitative estimate of drug-likeness (QED) is 0.162. The first kappa shape index (κ1) is 84.8. The summed E-state index contributed by atoms with van der Waals surface area (Å²) in [5.41, 5.74) is 55.7. The molecule has 12 fully saturated rings. The fraction of sp³-hybridized carbons (Fsp3) is 0.328.